The first kappa shape index (κ1) is 8.78. The van der Waals surface area contributed by atoms with Gasteiger partial charge in [-0.3, -0.25) is 4.98 Å². The molecule has 3 heterocycles. The van der Waals surface area contributed by atoms with Crippen molar-refractivity contribution in [2.45, 2.75) is 0 Å². The number of hydrogen-bond acceptors (Lipinski definition) is 5. The van der Waals surface area contributed by atoms with Crippen molar-refractivity contribution in [1.29, 1.82) is 0 Å². The molecule has 0 bridgehead atoms. The van der Waals surface area contributed by atoms with E-state index in [9.17, 15) is 0 Å². The highest BCUT2D eigenvalue weighted by atomic mass is 15.3. The molecular weight excluding hydrogens is 204 g/mol. The molecule has 0 amide bonds. The summed E-state index contributed by atoms with van der Waals surface area (Å²) in [5.41, 5.74) is 8.13. The minimum atomic E-state index is 0.416. The smallest absolute Gasteiger partial charge is 0.153 e. The molecule has 0 unspecified atom stereocenters. The van der Waals surface area contributed by atoms with Gasteiger partial charge >= 0.3 is 0 Å². The summed E-state index contributed by atoms with van der Waals surface area (Å²) in [4.78, 5) is 12.0. The second kappa shape index (κ2) is 3.27. The molecule has 0 saturated heterocycles. The zero-order valence-electron chi connectivity index (χ0n) is 8.28. The summed E-state index contributed by atoms with van der Waals surface area (Å²) in [7, 11) is 0. The highest BCUT2D eigenvalue weighted by molar-refractivity contribution is 5.85. The van der Waals surface area contributed by atoms with Crippen LogP contribution >= 0.6 is 0 Å². The molecule has 0 saturated carbocycles. The van der Waals surface area contributed by atoms with Crippen LogP contribution in [0.3, 0.4) is 0 Å². The standard InChI is InChI=1S/C10H8N6/c11-10-9-8(13-6-14-10)5-15-16(9)7-1-3-12-4-2-7/h1-6H,(H2,11,13,14). The van der Waals surface area contributed by atoms with E-state index in [0.717, 1.165) is 11.2 Å². The molecule has 0 aliphatic carbocycles. The summed E-state index contributed by atoms with van der Waals surface area (Å²) in [5, 5.41) is 4.23. The zero-order valence-corrected chi connectivity index (χ0v) is 8.28. The van der Waals surface area contributed by atoms with E-state index in [1.165, 1.54) is 6.33 Å². The van der Waals surface area contributed by atoms with E-state index in [4.69, 9.17) is 5.73 Å². The second-order valence-corrected chi connectivity index (χ2v) is 3.25. The maximum Gasteiger partial charge on any atom is 0.153 e. The van der Waals surface area contributed by atoms with Crippen molar-refractivity contribution in [2.75, 3.05) is 5.73 Å². The molecule has 0 aliphatic heterocycles. The van der Waals surface area contributed by atoms with Crippen molar-refractivity contribution in [3.8, 4) is 5.69 Å². The number of anilines is 1. The van der Waals surface area contributed by atoms with Crippen LogP contribution in [0.2, 0.25) is 0 Å². The Morgan fingerprint density at radius 1 is 1.12 bits per heavy atom. The van der Waals surface area contributed by atoms with Gasteiger partial charge in [0.1, 0.15) is 17.4 Å². The van der Waals surface area contributed by atoms with E-state index in [0.29, 0.717) is 11.3 Å². The number of rotatable bonds is 1. The Balaban J connectivity index is 2.33. The van der Waals surface area contributed by atoms with Crippen molar-refractivity contribution >= 4 is 16.9 Å². The van der Waals surface area contributed by atoms with Gasteiger partial charge in [-0.05, 0) is 12.1 Å². The first-order valence-electron chi connectivity index (χ1n) is 4.71. The van der Waals surface area contributed by atoms with E-state index in [2.05, 4.69) is 20.1 Å². The largest absolute Gasteiger partial charge is 0.382 e. The van der Waals surface area contributed by atoms with E-state index in [1.54, 1.807) is 23.3 Å². The molecule has 0 radical (unpaired) electrons. The fraction of sp³-hybridized carbons (Fsp3) is 0. The Kier molecular flexibility index (Phi) is 1.79. The maximum atomic E-state index is 5.81. The van der Waals surface area contributed by atoms with Gasteiger partial charge in [-0.25, -0.2) is 14.6 Å². The van der Waals surface area contributed by atoms with Crippen LogP contribution < -0.4 is 5.73 Å². The maximum absolute atomic E-state index is 5.81. The average Bonchev–Trinajstić information content (AvgIpc) is 2.75. The molecular formula is C10H8N6. The molecule has 3 aromatic rings. The SMILES string of the molecule is Nc1ncnc2cnn(-c3ccncc3)c12. The van der Waals surface area contributed by atoms with E-state index in [-0.39, 0.29) is 0 Å². The number of nitrogen functional groups attached to an aromatic ring is 1. The number of pyridine rings is 1. The molecule has 0 spiro atoms. The highest BCUT2D eigenvalue weighted by Gasteiger charge is 2.09. The number of aromatic nitrogens is 5. The third-order valence-electron chi connectivity index (χ3n) is 2.29. The molecule has 2 N–H and O–H groups in total. The van der Waals surface area contributed by atoms with Gasteiger partial charge in [0.15, 0.2) is 5.82 Å². The van der Waals surface area contributed by atoms with Crippen LogP contribution in [-0.2, 0) is 0 Å². The molecule has 6 heteroatoms. The fourth-order valence-electron chi connectivity index (χ4n) is 1.57. The number of hydrogen-bond donors (Lipinski definition) is 1. The van der Waals surface area contributed by atoms with Gasteiger partial charge < -0.3 is 5.73 Å². The molecule has 78 valence electrons. The predicted octanol–water partition coefficient (Wildman–Crippen LogP) is 0.793. The van der Waals surface area contributed by atoms with Gasteiger partial charge in [0.25, 0.3) is 0 Å². The summed E-state index contributed by atoms with van der Waals surface area (Å²) in [6.45, 7) is 0. The van der Waals surface area contributed by atoms with Crippen LogP contribution in [0.5, 0.6) is 0 Å². The van der Waals surface area contributed by atoms with E-state index in [1.807, 2.05) is 12.1 Å². The summed E-state index contributed by atoms with van der Waals surface area (Å²) in [6.07, 6.45) is 6.48. The Bertz CT molecular complexity index is 630. The Labute approximate surface area is 90.8 Å². The van der Waals surface area contributed by atoms with E-state index >= 15 is 0 Å². The molecule has 3 aromatic heterocycles. The van der Waals surface area contributed by atoms with Crippen LogP contribution in [0.15, 0.2) is 37.1 Å². The molecule has 0 aromatic carbocycles. The van der Waals surface area contributed by atoms with Crippen molar-refractivity contribution < 1.29 is 0 Å². The summed E-state index contributed by atoms with van der Waals surface area (Å²) in [5.74, 6) is 0.416. The summed E-state index contributed by atoms with van der Waals surface area (Å²) in [6, 6.07) is 3.69. The Hall–Kier alpha value is -2.50. The van der Waals surface area contributed by atoms with Crippen molar-refractivity contribution in [3.05, 3.63) is 37.1 Å². The number of nitrogens with zero attached hydrogens (tertiary/aromatic N) is 5. The first-order valence-corrected chi connectivity index (χ1v) is 4.71. The minimum Gasteiger partial charge on any atom is -0.382 e. The lowest BCUT2D eigenvalue weighted by Gasteiger charge is -2.03. The van der Waals surface area contributed by atoms with Gasteiger partial charge in [0, 0.05) is 12.4 Å². The van der Waals surface area contributed by atoms with Gasteiger partial charge in [-0.15, -0.1) is 0 Å². The molecule has 3 rings (SSSR count). The predicted molar refractivity (Wildman–Crippen MR) is 58.9 cm³/mol. The van der Waals surface area contributed by atoms with Crippen molar-refractivity contribution in [2.24, 2.45) is 0 Å². The van der Waals surface area contributed by atoms with Gasteiger partial charge in [0.2, 0.25) is 0 Å². The first-order chi connectivity index (χ1) is 7.86. The van der Waals surface area contributed by atoms with Gasteiger partial charge in [-0.1, -0.05) is 0 Å². The zero-order chi connectivity index (χ0) is 11.0. The summed E-state index contributed by atoms with van der Waals surface area (Å²) >= 11 is 0. The third kappa shape index (κ3) is 1.20. The highest BCUT2D eigenvalue weighted by Crippen LogP contribution is 2.19. The second-order valence-electron chi connectivity index (χ2n) is 3.25. The minimum absolute atomic E-state index is 0.416. The topological polar surface area (TPSA) is 82.5 Å². The normalized spacial score (nSPS) is 10.8. The molecule has 0 atom stereocenters. The Morgan fingerprint density at radius 2 is 1.94 bits per heavy atom. The molecule has 16 heavy (non-hydrogen) atoms. The molecule has 0 aliphatic rings. The van der Waals surface area contributed by atoms with Crippen LogP contribution in [0, 0.1) is 0 Å². The third-order valence-corrected chi connectivity index (χ3v) is 2.29. The van der Waals surface area contributed by atoms with Crippen molar-refractivity contribution in [3.63, 3.8) is 0 Å². The van der Waals surface area contributed by atoms with Gasteiger partial charge in [-0.2, -0.15) is 5.10 Å². The lowest BCUT2D eigenvalue weighted by molar-refractivity contribution is 0.906. The van der Waals surface area contributed by atoms with E-state index < -0.39 is 0 Å². The quantitative estimate of drug-likeness (QED) is 0.644. The van der Waals surface area contributed by atoms with Crippen LogP contribution in [0.25, 0.3) is 16.7 Å². The lowest BCUT2D eigenvalue weighted by Crippen LogP contribution is -2.00. The number of fused-ring (bicyclic) bond motifs is 1. The van der Waals surface area contributed by atoms with Crippen molar-refractivity contribution in [1.82, 2.24) is 24.7 Å². The fourth-order valence-corrected chi connectivity index (χ4v) is 1.57. The van der Waals surface area contributed by atoms with Crippen LogP contribution in [0.1, 0.15) is 0 Å². The monoisotopic (exact) mass is 212 g/mol. The summed E-state index contributed by atoms with van der Waals surface area (Å²) < 4.78 is 1.70. The van der Waals surface area contributed by atoms with Crippen LogP contribution in [-0.4, -0.2) is 24.7 Å². The number of nitrogens with two attached hydrogens (primary N) is 1. The lowest BCUT2D eigenvalue weighted by atomic mass is 10.4. The van der Waals surface area contributed by atoms with Crippen LogP contribution in [0.4, 0.5) is 5.82 Å². The van der Waals surface area contributed by atoms with Gasteiger partial charge in [0.05, 0.1) is 11.9 Å². The molecule has 6 nitrogen and oxygen atoms in total. The average molecular weight is 212 g/mol. The molecule has 0 fully saturated rings. The Morgan fingerprint density at radius 3 is 2.75 bits per heavy atom.